The molecule has 0 spiro atoms. The fraction of sp³-hybridized carbons (Fsp3) is 0.600. The normalized spacial score (nSPS) is 12.4. The van der Waals surface area contributed by atoms with Crippen LogP contribution in [0.3, 0.4) is 0 Å². The quantitative estimate of drug-likeness (QED) is 0.624. The first-order chi connectivity index (χ1) is 7.65. The molecule has 0 aliphatic heterocycles. The van der Waals surface area contributed by atoms with Gasteiger partial charge >= 0.3 is 0 Å². The van der Waals surface area contributed by atoms with Crippen LogP contribution in [0.1, 0.15) is 12.7 Å². The van der Waals surface area contributed by atoms with E-state index in [2.05, 4.69) is 15.3 Å². The van der Waals surface area contributed by atoms with Crippen LogP contribution in [-0.4, -0.2) is 41.4 Å². The predicted octanol–water partition coefficient (Wildman–Crippen LogP) is -0.249. The van der Waals surface area contributed by atoms with Gasteiger partial charge in [-0.25, -0.2) is 4.98 Å². The molecule has 16 heavy (non-hydrogen) atoms. The van der Waals surface area contributed by atoms with Crippen molar-refractivity contribution in [2.24, 2.45) is 0 Å². The number of aromatic nitrogens is 2. The Morgan fingerprint density at radius 1 is 1.69 bits per heavy atom. The number of ether oxygens (including phenoxy) is 1. The van der Waals surface area contributed by atoms with E-state index in [-0.39, 0.29) is 12.2 Å². The van der Waals surface area contributed by atoms with Gasteiger partial charge < -0.3 is 20.1 Å². The Kier molecular flexibility index (Phi) is 4.94. The molecule has 0 saturated heterocycles. The van der Waals surface area contributed by atoms with Crippen molar-refractivity contribution in [1.29, 1.82) is 0 Å². The number of H-pyrrole nitrogens is 1. The molecule has 3 N–H and O–H groups in total. The van der Waals surface area contributed by atoms with Crippen molar-refractivity contribution in [1.82, 2.24) is 9.97 Å². The van der Waals surface area contributed by atoms with Crippen molar-refractivity contribution in [2.75, 3.05) is 25.6 Å². The summed E-state index contributed by atoms with van der Waals surface area (Å²) in [5, 5.41) is 12.3. The molecule has 90 valence electrons. The summed E-state index contributed by atoms with van der Waals surface area (Å²) in [6, 6.07) is 1.36. The number of nitrogens with zero attached hydrogens (tertiary/aromatic N) is 1. The SMILES string of the molecule is CCc1nc(NCC(O)COC)cc(=O)[nH]1. The van der Waals surface area contributed by atoms with Gasteiger partial charge in [0.2, 0.25) is 0 Å². The number of rotatable bonds is 6. The highest BCUT2D eigenvalue weighted by molar-refractivity contribution is 5.33. The van der Waals surface area contributed by atoms with Gasteiger partial charge in [0.1, 0.15) is 11.6 Å². The van der Waals surface area contributed by atoms with Crippen LogP contribution in [-0.2, 0) is 11.2 Å². The number of aryl methyl sites for hydroxylation is 1. The lowest BCUT2D eigenvalue weighted by Crippen LogP contribution is -2.25. The topological polar surface area (TPSA) is 87.2 Å². The van der Waals surface area contributed by atoms with Crippen molar-refractivity contribution in [3.8, 4) is 0 Å². The lowest BCUT2D eigenvalue weighted by atomic mass is 10.3. The summed E-state index contributed by atoms with van der Waals surface area (Å²) in [6.45, 7) is 2.45. The fourth-order valence-electron chi connectivity index (χ4n) is 1.24. The molecule has 1 atom stereocenters. The number of aromatic amines is 1. The van der Waals surface area contributed by atoms with Crippen molar-refractivity contribution in [2.45, 2.75) is 19.4 Å². The average Bonchev–Trinajstić information content (AvgIpc) is 2.26. The number of nitrogens with one attached hydrogen (secondary N) is 2. The maximum Gasteiger partial charge on any atom is 0.252 e. The summed E-state index contributed by atoms with van der Waals surface area (Å²) in [7, 11) is 1.52. The monoisotopic (exact) mass is 227 g/mol. The van der Waals surface area contributed by atoms with E-state index in [0.717, 1.165) is 0 Å². The Hall–Kier alpha value is -1.40. The Bertz CT molecular complexity index is 378. The average molecular weight is 227 g/mol. The van der Waals surface area contributed by atoms with Crippen LogP contribution < -0.4 is 10.9 Å². The largest absolute Gasteiger partial charge is 0.389 e. The third kappa shape index (κ3) is 4.00. The van der Waals surface area contributed by atoms with E-state index < -0.39 is 6.10 Å². The van der Waals surface area contributed by atoms with Crippen molar-refractivity contribution in [3.63, 3.8) is 0 Å². The zero-order valence-corrected chi connectivity index (χ0v) is 9.49. The molecule has 0 amide bonds. The molecule has 0 fully saturated rings. The Labute approximate surface area is 93.7 Å². The molecule has 0 aliphatic carbocycles. The number of hydrogen-bond donors (Lipinski definition) is 3. The van der Waals surface area contributed by atoms with E-state index in [9.17, 15) is 9.90 Å². The van der Waals surface area contributed by atoms with E-state index in [1.165, 1.54) is 13.2 Å². The summed E-state index contributed by atoms with van der Waals surface area (Å²) < 4.78 is 4.78. The molecule has 0 bridgehead atoms. The molecule has 1 heterocycles. The molecular formula is C10H17N3O3. The van der Waals surface area contributed by atoms with Gasteiger partial charge in [-0.05, 0) is 0 Å². The molecule has 1 rings (SSSR count). The second-order valence-electron chi connectivity index (χ2n) is 3.42. The summed E-state index contributed by atoms with van der Waals surface area (Å²) in [5.41, 5.74) is -0.199. The Morgan fingerprint density at radius 2 is 2.44 bits per heavy atom. The van der Waals surface area contributed by atoms with Crippen LogP contribution in [0.4, 0.5) is 5.82 Å². The molecule has 6 heteroatoms. The van der Waals surface area contributed by atoms with Crippen LogP contribution in [0.15, 0.2) is 10.9 Å². The number of hydrogen-bond acceptors (Lipinski definition) is 5. The third-order valence-electron chi connectivity index (χ3n) is 2.00. The van der Waals surface area contributed by atoms with E-state index in [0.29, 0.717) is 24.6 Å². The Balaban J connectivity index is 2.59. The van der Waals surface area contributed by atoms with Gasteiger partial charge in [-0.3, -0.25) is 4.79 Å². The van der Waals surface area contributed by atoms with Crippen LogP contribution >= 0.6 is 0 Å². The van der Waals surface area contributed by atoms with E-state index in [4.69, 9.17) is 4.74 Å². The van der Waals surface area contributed by atoms with Crippen molar-refractivity contribution in [3.05, 3.63) is 22.2 Å². The van der Waals surface area contributed by atoms with E-state index in [1.54, 1.807) is 0 Å². The van der Waals surface area contributed by atoms with Crippen LogP contribution in [0, 0.1) is 0 Å². The Morgan fingerprint density at radius 3 is 3.06 bits per heavy atom. The summed E-state index contributed by atoms with van der Waals surface area (Å²) in [4.78, 5) is 18.0. The zero-order valence-electron chi connectivity index (χ0n) is 9.49. The molecule has 0 aliphatic rings. The molecule has 1 aromatic heterocycles. The minimum absolute atomic E-state index is 0.199. The minimum Gasteiger partial charge on any atom is -0.389 e. The summed E-state index contributed by atoms with van der Waals surface area (Å²) in [5.74, 6) is 1.09. The molecule has 0 saturated carbocycles. The molecule has 0 radical (unpaired) electrons. The first kappa shape index (κ1) is 12.7. The second kappa shape index (κ2) is 6.24. The van der Waals surface area contributed by atoms with Crippen LogP contribution in [0.2, 0.25) is 0 Å². The van der Waals surface area contributed by atoms with Gasteiger partial charge in [-0.15, -0.1) is 0 Å². The first-order valence-electron chi connectivity index (χ1n) is 5.16. The lowest BCUT2D eigenvalue weighted by Gasteiger charge is -2.11. The standard InChI is InChI=1S/C10H17N3O3/c1-3-8-12-9(4-10(15)13-8)11-5-7(14)6-16-2/h4,7,14H,3,5-6H2,1-2H3,(H2,11,12,13,15). The van der Waals surface area contributed by atoms with Crippen LogP contribution in [0.25, 0.3) is 0 Å². The highest BCUT2D eigenvalue weighted by Crippen LogP contribution is 1.99. The number of aliphatic hydroxyl groups excluding tert-OH is 1. The van der Waals surface area contributed by atoms with Gasteiger partial charge in [0.15, 0.2) is 0 Å². The maximum atomic E-state index is 11.2. The second-order valence-corrected chi connectivity index (χ2v) is 3.42. The lowest BCUT2D eigenvalue weighted by molar-refractivity contribution is 0.0727. The third-order valence-corrected chi connectivity index (χ3v) is 2.00. The number of methoxy groups -OCH3 is 1. The molecular weight excluding hydrogens is 210 g/mol. The van der Waals surface area contributed by atoms with Gasteiger partial charge in [-0.2, -0.15) is 0 Å². The number of anilines is 1. The summed E-state index contributed by atoms with van der Waals surface area (Å²) >= 11 is 0. The molecule has 6 nitrogen and oxygen atoms in total. The van der Waals surface area contributed by atoms with Crippen LogP contribution in [0.5, 0.6) is 0 Å². The zero-order chi connectivity index (χ0) is 12.0. The van der Waals surface area contributed by atoms with Gasteiger partial charge in [0.05, 0.1) is 12.7 Å². The summed E-state index contributed by atoms with van der Waals surface area (Å²) in [6.07, 6.45) is 0.0435. The highest BCUT2D eigenvalue weighted by Gasteiger charge is 2.04. The van der Waals surface area contributed by atoms with E-state index >= 15 is 0 Å². The van der Waals surface area contributed by atoms with Gasteiger partial charge in [-0.1, -0.05) is 6.92 Å². The highest BCUT2D eigenvalue weighted by atomic mass is 16.5. The molecule has 1 aromatic rings. The van der Waals surface area contributed by atoms with Crippen molar-refractivity contribution < 1.29 is 9.84 Å². The number of aliphatic hydroxyl groups is 1. The van der Waals surface area contributed by atoms with Crippen molar-refractivity contribution >= 4 is 5.82 Å². The fourth-order valence-corrected chi connectivity index (χ4v) is 1.24. The maximum absolute atomic E-state index is 11.2. The minimum atomic E-state index is -0.615. The first-order valence-corrected chi connectivity index (χ1v) is 5.16. The predicted molar refractivity (Wildman–Crippen MR) is 60.6 cm³/mol. The van der Waals surface area contributed by atoms with E-state index in [1.807, 2.05) is 6.92 Å². The molecule has 1 unspecified atom stereocenters. The smallest absolute Gasteiger partial charge is 0.252 e. The van der Waals surface area contributed by atoms with Gasteiger partial charge in [0, 0.05) is 26.1 Å². The molecule has 0 aromatic carbocycles. The van der Waals surface area contributed by atoms with Gasteiger partial charge in [0.25, 0.3) is 5.56 Å².